The summed E-state index contributed by atoms with van der Waals surface area (Å²) >= 11 is 1.80. The number of nitrogens with one attached hydrogen (secondary N) is 11. The van der Waals surface area contributed by atoms with E-state index >= 15 is 0 Å². The number of hydrogen-bond acceptors (Lipinski definition) is 19. The molecule has 3 heterocycles. The number of nitrogens with two attached hydrogens (primary N) is 4. The molecule has 0 spiro atoms. The lowest BCUT2D eigenvalue weighted by Crippen LogP contribution is -2.60. The quantitative estimate of drug-likeness (QED) is 0.0191. The number of carbonyl (C=O) groups is 12. The molecular formula is C77H112N17O15S+. The maximum Gasteiger partial charge on any atom is 0.326 e. The van der Waals surface area contributed by atoms with Crippen LogP contribution < -0.4 is 85.6 Å². The fourth-order valence-corrected chi connectivity index (χ4v) is 13.7. The topological polar surface area (TPSA) is 513 Å². The van der Waals surface area contributed by atoms with Crippen LogP contribution in [0.4, 0.5) is 5.69 Å². The molecule has 22 N–H and O–H groups in total. The molecule has 110 heavy (non-hydrogen) atoms. The first kappa shape index (κ1) is 88.8. The number of rotatable bonds is 51. The number of carboxylic acids is 1. The molecule has 32 nitrogen and oxygen atoms in total. The number of aliphatic hydroxyl groups is 2. The number of hydrogen-bond donors (Lipinski definition) is 18. The summed E-state index contributed by atoms with van der Waals surface area (Å²) in [6, 6.07) is 13.2. The number of fused-ring (bicyclic) bond motifs is 3. The molecule has 6 rings (SSSR count). The molecule has 2 aromatic heterocycles. The van der Waals surface area contributed by atoms with Crippen LogP contribution in [0.1, 0.15) is 153 Å². The number of benzene rings is 3. The summed E-state index contributed by atoms with van der Waals surface area (Å²) < 4.78 is 2.13. The van der Waals surface area contributed by atoms with E-state index in [1.54, 1.807) is 42.2 Å². The number of unbranched alkanes of at least 4 members (excludes halogenated alkanes) is 10. The number of primary amides is 1. The number of para-hydroxylation sites is 3. The number of carboxylic acid groups (broad SMARTS) is 1. The molecule has 0 saturated carbocycles. The third kappa shape index (κ3) is 28.7. The van der Waals surface area contributed by atoms with E-state index in [0.29, 0.717) is 68.1 Å². The largest absolute Gasteiger partial charge is 0.480 e. The van der Waals surface area contributed by atoms with Crippen LogP contribution in [0.25, 0.3) is 27.9 Å². The van der Waals surface area contributed by atoms with E-state index in [1.807, 2.05) is 0 Å². The second-order valence-corrected chi connectivity index (χ2v) is 28.6. The summed E-state index contributed by atoms with van der Waals surface area (Å²) in [5.41, 5.74) is 27.2. The monoisotopic (exact) mass is 1550 g/mol. The minimum Gasteiger partial charge on any atom is -0.480 e. The summed E-state index contributed by atoms with van der Waals surface area (Å²) in [7, 11) is 2.06. The van der Waals surface area contributed by atoms with Crippen molar-refractivity contribution in [1.29, 1.82) is 0 Å². The van der Waals surface area contributed by atoms with Gasteiger partial charge in [-0.2, -0.15) is 0 Å². The van der Waals surface area contributed by atoms with E-state index < -0.39 is 152 Å². The van der Waals surface area contributed by atoms with Crippen molar-refractivity contribution >= 4 is 116 Å². The molecule has 600 valence electrons. The fraction of sp³-hybridized carbons (Fsp3) is 0.519. The number of anilines is 1. The summed E-state index contributed by atoms with van der Waals surface area (Å²) in [5.74, 6) is -11.0. The standard InChI is InChI=1S/C77H111N17O15S/c1-48(84-72(103)55(27-17-20-37-78)86-66(98)33-10-8-6-4-5-7-9-23-40-94-63-31-15-16-32-64(63)110-68(94)43-50-36-41-93(3)62-30-14-12-25-53(50)62)69(100)88-57(34-35-65(81)97)74(105)92-61(47-96)76(107)90-59(42-51-44-82-54-26-13-11-24-52(51)54)71(102)83-45-67(99)87-56(28-18-21-38-79)73(104)91-60(46-95)75(106)85-49(2)70(101)89-58(77(108)109)29-19-22-39-80/h11-16,24-26,30-32,36,41,43-44,48-49,55-61,82,95-96H,4-10,17-23,27-29,33-35,37-40,42,45-47,78-80H2,1-3H3,(H12-,81,83,84,85,86,87,88,89,90,91,92,97,98,99,100,101,102,103,104,105,106,107,108,109)/p+1/t48-,49-,55-,56-,57-,58-,59-,60-,61-/m0/s1. The van der Waals surface area contributed by atoms with Crippen LogP contribution in [-0.2, 0) is 71.0 Å². The minimum atomic E-state index is -1.81. The van der Waals surface area contributed by atoms with Gasteiger partial charge in [0.1, 0.15) is 61.4 Å². The van der Waals surface area contributed by atoms with E-state index in [2.05, 4.69) is 142 Å². The lowest BCUT2D eigenvalue weighted by atomic mass is 10.0. The van der Waals surface area contributed by atoms with Gasteiger partial charge in [0.15, 0.2) is 6.20 Å². The van der Waals surface area contributed by atoms with Crippen LogP contribution in [0.15, 0.2) is 101 Å². The number of aliphatic hydroxyl groups excluding tert-OH is 2. The Kier molecular flexibility index (Phi) is 38.0. The van der Waals surface area contributed by atoms with Crippen molar-refractivity contribution in [3.63, 3.8) is 0 Å². The zero-order valence-corrected chi connectivity index (χ0v) is 63.9. The van der Waals surface area contributed by atoms with Gasteiger partial charge in [0.25, 0.3) is 0 Å². The van der Waals surface area contributed by atoms with Gasteiger partial charge < -0.3 is 101 Å². The lowest BCUT2D eigenvalue weighted by Gasteiger charge is -2.26. The van der Waals surface area contributed by atoms with Crippen LogP contribution in [0.5, 0.6) is 0 Å². The Bertz CT molecular complexity index is 3950. The highest BCUT2D eigenvalue weighted by Crippen LogP contribution is 2.47. The first-order valence-electron chi connectivity index (χ1n) is 37.9. The molecule has 33 heteroatoms. The number of amides is 11. The second-order valence-electron chi connectivity index (χ2n) is 27.5. The van der Waals surface area contributed by atoms with E-state index in [0.717, 1.165) is 51.5 Å². The van der Waals surface area contributed by atoms with Gasteiger partial charge in [-0.1, -0.05) is 92.8 Å². The smallest absolute Gasteiger partial charge is 0.326 e. The number of aromatic amines is 1. The molecule has 9 atom stereocenters. The predicted molar refractivity (Wildman–Crippen MR) is 417 cm³/mol. The molecule has 11 amide bonds. The SMILES string of the molecule is C[C@H](NC(=O)[C@H](CCCCN)NC(=O)CCCCCCCCCCN1C(=Cc2cc[n+](C)c3ccccc23)Sc2ccccc21)C(=O)N[C@@H](CCC(N)=O)C(=O)N[C@@H](CO)C(=O)N[C@@H](Cc1c[nH]c2ccccc12)C(=O)NCC(=O)N[C@@H](CCCCN)C(=O)N[C@@H](CO)C(=O)N[C@@H](C)C(=O)N[C@@H](CCCCN)C(=O)O. The lowest BCUT2D eigenvalue weighted by molar-refractivity contribution is -0.644. The summed E-state index contributed by atoms with van der Waals surface area (Å²) in [6.07, 6.45) is 15.6. The minimum absolute atomic E-state index is 0.0384. The van der Waals surface area contributed by atoms with Gasteiger partial charge in [0, 0.05) is 59.9 Å². The average Bonchev–Trinajstić information content (AvgIpc) is 1.58. The van der Waals surface area contributed by atoms with Gasteiger partial charge in [-0.25, -0.2) is 9.36 Å². The van der Waals surface area contributed by atoms with Crippen molar-refractivity contribution in [2.24, 2.45) is 30.0 Å². The van der Waals surface area contributed by atoms with E-state index in [-0.39, 0.29) is 51.0 Å². The molecule has 0 fully saturated rings. The number of aryl methyl sites for hydroxylation is 1. The summed E-state index contributed by atoms with van der Waals surface area (Å²) in [5, 5.41) is 58.1. The molecule has 1 aliphatic heterocycles. The van der Waals surface area contributed by atoms with Crippen LogP contribution in [0.2, 0.25) is 0 Å². The summed E-state index contributed by atoms with van der Waals surface area (Å²) in [6.45, 7) is 1.55. The number of aromatic nitrogens is 2. The van der Waals surface area contributed by atoms with Crippen LogP contribution in [0, 0.1) is 0 Å². The van der Waals surface area contributed by atoms with Crippen molar-refractivity contribution in [2.45, 2.75) is 208 Å². The zero-order valence-electron chi connectivity index (χ0n) is 63.1. The first-order valence-corrected chi connectivity index (χ1v) is 38.7. The maximum atomic E-state index is 14.2. The molecule has 0 aliphatic carbocycles. The molecule has 3 aromatic carbocycles. The predicted octanol–water partition coefficient (Wildman–Crippen LogP) is 1.05. The maximum absolute atomic E-state index is 14.2. The summed E-state index contributed by atoms with van der Waals surface area (Å²) in [4.78, 5) is 168. The van der Waals surface area contributed by atoms with Crippen LogP contribution >= 0.6 is 11.8 Å². The second kappa shape index (κ2) is 47.1. The Labute approximate surface area is 645 Å². The molecular weight excluding hydrogens is 1440 g/mol. The highest BCUT2D eigenvalue weighted by atomic mass is 32.2. The Balaban J connectivity index is 0.992. The molecule has 0 unspecified atom stereocenters. The van der Waals surface area contributed by atoms with E-state index in [1.165, 1.54) is 45.9 Å². The number of pyridine rings is 1. The number of nitrogens with zero attached hydrogens (tertiary/aromatic N) is 2. The van der Waals surface area contributed by atoms with Gasteiger partial charge >= 0.3 is 5.97 Å². The average molecular weight is 1550 g/mol. The Morgan fingerprint density at radius 3 is 1.57 bits per heavy atom. The van der Waals surface area contributed by atoms with Gasteiger partial charge in [0.05, 0.1) is 35.9 Å². The van der Waals surface area contributed by atoms with Gasteiger partial charge in [-0.15, -0.1) is 0 Å². The van der Waals surface area contributed by atoms with Gasteiger partial charge in [-0.3, -0.25) is 52.7 Å². The first-order chi connectivity index (χ1) is 52.9. The number of thioether (sulfide) groups is 1. The third-order valence-corrected chi connectivity index (χ3v) is 20.0. The Hall–Kier alpha value is -10.1. The third-order valence-electron chi connectivity index (χ3n) is 18.9. The van der Waals surface area contributed by atoms with Crippen molar-refractivity contribution in [3.8, 4) is 0 Å². The van der Waals surface area contributed by atoms with Crippen molar-refractivity contribution in [3.05, 3.63) is 107 Å². The molecule has 1 aliphatic rings. The molecule has 0 radical (unpaired) electrons. The van der Waals surface area contributed by atoms with Crippen LogP contribution in [0.3, 0.4) is 0 Å². The normalized spacial score (nSPS) is 14.6. The van der Waals surface area contributed by atoms with E-state index in [4.69, 9.17) is 22.9 Å². The molecule has 0 bridgehead atoms. The van der Waals surface area contributed by atoms with Crippen molar-refractivity contribution < 1.29 is 77.4 Å². The molecule has 0 saturated heterocycles. The Morgan fingerprint density at radius 2 is 0.982 bits per heavy atom. The Morgan fingerprint density at radius 1 is 0.500 bits per heavy atom. The zero-order chi connectivity index (χ0) is 80.1. The van der Waals surface area contributed by atoms with Crippen LogP contribution in [-0.4, -0.2) is 192 Å². The highest BCUT2D eigenvalue weighted by molar-refractivity contribution is 8.03. The van der Waals surface area contributed by atoms with Gasteiger partial charge in [0.2, 0.25) is 70.5 Å². The molecule has 5 aromatic rings. The highest BCUT2D eigenvalue weighted by Gasteiger charge is 2.35. The number of carbonyl (C=O) groups excluding carboxylic acids is 11. The number of aliphatic carboxylic acids is 1. The van der Waals surface area contributed by atoms with Crippen molar-refractivity contribution in [1.82, 2.24) is 58.2 Å². The fourth-order valence-electron chi connectivity index (χ4n) is 12.6. The number of H-pyrrole nitrogens is 1. The van der Waals surface area contributed by atoms with Crippen molar-refractivity contribution in [2.75, 3.05) is 50.8 Å². The van der Waals surface area contributed by atoms with E-state index in [9.17, 15) is 72.9 Å². The van der Waals surface area contributed by atoms with Gasteiger partial charge in [-0.05, 0) is 152 Å².